The fraction of sp³-hybridized carbons (Fsp3) is 0.158. The number of rotatable bonds is 4. The number of anilines is 1. The first kappa shape index (κ1) is 14.3. The monoisotopic (exact) mass is 289 g/mol. The molecule has 0 amide bonds. The van der Waals surface area contributed by atoms with E-state index in [-0.39, 0.29) is 6.04 Å². The molecule has 0 aliphatic heterocycles. The molecule has 0 spiro atoms. The Bertz CT molecular complexity index is 736. The molecule has 3 aromatic rings. The largest absolute Gasteiger partial charge is 0.378 e. The molecule has 0 aliphatic carbocycles. The van der Waals surface area contributed by atoms with E-state index >= 15 is 0 Å². The minimum absolute atomic E-state index is 0.241. The Balaban J connectivity index is 1.75. The van der Waals surface area contributed by atoms with Crippen molar-refractivity contribution in [2.24, 2.45) is 0 Å². The van der Waals surface area contributed by atoms with Crippen LogP contribution >= 0.6 is 0 Å². The average Bonchev–Trinajstić information content (AvgIpc) is 2.56. The summed E-state index contributed by atoms with van der Waals surface area (Å²) in [6.07, 6.45) is 5.51. The van der Waals surface area contributed by atoms with Crippen LogP contribution in [0.25, 0.3) is 11.1 Å². The van der Waals surface area contributed by atoms with Crippen molar-refractivity contribution in [2.75, 3.05) is 5.32 Å². The van der Waals surface area contributed by atoms with E-state index in [1.807, 2.05) is 31.5 Å². The predicted molar refractivity (Wildman–Crippen MR) is 90.7 cm³/mol. The number of benzene rings is 1. The zero-order valence-corrected chi connectivity index (χ0v) is 12.8. The summed E-state index contributed by atoms with van der Waals surface area (Å²) in [5, 5.41) is 3.51. The lowest BCUT2D eigenvalue weighted by atomic mass is 10.0. The van der Waals surface area contributed by atoms with Gasteiger partial charge in [-0.25, -0.2) is 0 Å². The maximum absolute atomic E-state index is 4.22. The second-order valence-corrected chi connectivity index (χ2v) is 5.42. The molecule has 0 aliphatic rings. The molecule has 0 bridgehead atoms. The van der Waals surface area contributed by atoms with Crippen LogP contribution in [0.3, 0.4) is 0 Å². The van der Waals surface area contributed by atoms with Gasteiger partial charge in [-0.2, -0.15) is 0 Å². The normalized spacial score (nSPS) is 11.9. The molecule has 110 valence electrons. The lowest BCUT2D eigenvalue weighted by Gasteiger charge is -2.16. The maximum Gasteiger partial charge on any atom is 0.0485 e. The van der Waals surface area contributed by atoms with Gasteiger partial charge in [0, 0.05) is 36.0 Å². The Kier molecular flexibility index (Phi) is 4.15. The van der Waals surface area contributed by atoms with E-state index in [0.717, 1.165) is 16.9 Å². The first-order chi connectivity index (χ1) is 10.7. The van der Waals surface area contributed by atoms with Gasteiger partial charge < -0.3 is 5.32 Å². The first-order valence-electron chi connectivity index (χ1n) is 7.42. The van der Waals surface area contributed by atoms with Crippen LogP contribution in [0.5, 0.6) is 0 Å². The van der Waals surface area contributed by atoms with Crippen LogP contribution in [0.2, 0.25) is 0 Å². The Labute approximate surface area is 131 Å². The van der Waals surface area contributed by atoms with Gasteiger partial charge >= 0.3 is 0 Å². The van der Waals surface area contributed by atoms with Crippen molar-refractivity contribution in [2.45, 2.75) is 19.9 Å². The summed E-state index contributed by atoms with van der Waals surface area (Å²) >= 11 is 0. The highest BCUT2D eigenvalue weighted by Crippen LogP contribution is 2.23. The third-order valence-electron chi connectivity index (χ3n) is 3.69. The van der Waals surface area contributed by atoms with Crippen LogP contribution in [0.4, 0.5) is 5.69 Å². The number of hydrogen-bond donors (Lipinski definition) is 1. The van der Waals surface area contributed by atoms with Gasteiger partial charge in [0.05, 0.1) is 0 Å². The number of nitrogens with zero attached hydrogens (tertiary/aromatic N) is 2. The highest BCUT2D eigenvalue weighted by molar-refractivity contribution is 5.62. The molecular formula is C19H19N3. The Hall–Kier alpha value is -2.68. The third-order valence-corrected chi connectivity index (χ3v) is 3.69. The lowest BCUT2D eigenvalue weighted by Crippen LogP contribution is -2.06. The van der Waals surface area contributed by atoms with Crippen LogP contribution in [-0.2, 0) is 0 Å². The smallest absolute Gasteiger partial charge is 0.0485 e. The number of pyridine rings is 2. The zero-order chi connectivity index (χ0) is 15.4. The molecule has 1 aromatic carbocycles. The van der Waals surface area contributed by atoms with E-state index < -0.39 is 0 Å². The standard InChI is InChI=1S/C19H19N3/c1-14-12-19(9-11-21-14)22-15(2)16-5-7-17(8-6-16)18-4-3-10-20-13-18/h3-13,15H,1-2H3,(H,21,22). The average molecular weight is 289 g/mol. The number of aromatic nitrogens is 2. The fourth-order valence-electron chi connectivity index (χ4n) is 2.47. The summed E-state index contributed by atoms with van der Waals surface area (Å²) in [5.41, 5.74) is 5.69. The highest BCUT2D eigenvalue weighted by atomic mass is 14.9. The molecule has 3 heteroatoms. The molecular weight excluding hydrogens is 270 g/mol. The van der Waals surface area contributed by atoms with Crippen molar-refractivity contribution in [3.63, 3.8) is 0 Å². The van der Waals surface area contributed by atoms with Gasteiger partial charge in [0.2, 0.25) is 0 Å². The van der Waals surface area contributed by atoms with Crippen LogP contribution in [0.15, 0.2) is 67.1 Å². The molecule has 1 atom stereocenters. The van der Waals surface area contributed by atoms with Gasteiger partial charge in [-0.15, -0.1) is 0 Å². The van der Waals surface area contributed by atoms with Gasteiger partial charge in [-0.1, -0.05) is 30.3 Å². The van der Waals surface area contributed by atoms with Gasteiger partial charge in [-0.05, 0) is 48.7 Å². The Morgan fingerprint density at radius 2 is 1.77 bits per heavy atom. The second kappa shape index (κ2) is 6.39. The van der Waals surface area contributed by atoms with E-state index in [0.29, 0.717) is 0 Å². The van der Waals surface area contributed by atoms with Crippen molar-refractivity contribution in [3.05, 3.63) is 78.4 Å². The first-order valence-corrected chi connectivity index (χ1v) is 7.42. The number of nitrogens with one attached hydrogen (secondary N) is 1. The number of aryl methyl sites for hydroxylation is 1. The van der Waals surface area contributed by atoms with E-state index in [1.165, 1.54) is 11.1 Å². The SMILES string of the molecule is Cc1cc(NC(C)c2ccc(-c3cccnc3)cc2)ccn1. The van der Waals surface area contributed by atoms with Crippen LogP contribution in [0.1, 0.15) is 24.2 Å². The molecule has 0 radical (unpaired) electrons. The van der Waals surface area contributed by atoms with Crippen molar-refractivity contribution < 1.29 is 0 Å². The predicted octanol–water partition coefficient (Wildman–Crippen LogP) is 4.63. The summed E-state index contributed by atoms with van der Waals surface area (Å²) in [4.78, 5) is 8.38. The van der Waals surface area contributed by atoms with Gasteiger partial charge in [0.1, 0.15) is 0 Å². The fourth-order valence-corrected chi connectivity index (χ4v) is 2.47. The molecule has 0 fully saturated rings. The molecule has 2 heterocycles. The summed E-state index contributed by atoms with van der Waals surface area (Å²) in [6.45, 7) is 4.16. The number of hydrogen-bond acceptors (Lipinski definition) is 3. The minimum atomic E-state index is 0.241. The Morgan fingerprint density at radius 3 is 2.45 bits per heavy atom. The van der Waals surface area contributed by atoms with E-state index in [1.54, 1.807) is 6.20 Å². The highest BCUT2D eigenvalue weighted by Gasteiger charge is 2.06. The summed E-state index contributed by atoms with van der Waals surface area (Å²) in [5.74, 6) is 0. The van der Waals surface area contributed by atoms with Crippen LogP contribution in [-0.4, -0.2) is 9.97 Å². The third kappa shape index (κ3) is 3.31. The topological polar surface area (TPSA) is 37.8 Å². The van der Waals surface area contributed by atoms with Crippen molar-refractivity contribution in [3.8, 4) is 11.1 Å². The van der Waals surface area contributed by atoms with Crippen molar-refractivity contribution in [1.29, 1.82) is 0 Å². The quantitative estimate of drug-likeness (QED) is 0.761. The van der Waals surface area contributed by atoms with Gasteiger partial charge in [0.15, 0.2) is 0 Å². The van der Waals surface area contributed by atoms with Gasteiger partial charge in [0.25, 0.3) is 0 Å². The molecule has 3 rings (SSSR count). The Morgan fingerprint density at radius 1 is 0.955 bits per heavy atom. The van der Waals surface area contributed by atoms with E-state index in [9.17, 15) is 0 Å². The van der Waals surface area contributed by atoms with Crippen molar-refractivity contribution >= 4 is 5.69 Å². The molecule has 1 unspecified atom stereocenters. The zero-order valence-electron chi connectivity index (χ0n) is 12.8. The molecule has 1 N–H and O–H groups in total. The van der Waals surface area contributed by atoms with Crippen molar-refractivity contribution in [1.82, 2.24) is 9.97 Å². The van der Waals surface area contributed by atoms with Gasteiger partial charge in [-0.3, -0.25) is 9.97 Å². The summed E-state index contributed by atoms with van der Waals surface area (Å²) < 4.78 is 0. The van der Waals surface area contributed by atoms with E-state index in [4.69, 9.17) is 0 Å². The molecule has 22 heavy (non-hydrogen) atoms. The molecule has 3 nitrogen and oxygen atoms in total. The summed E-state index contributed by atoms with van der Waals surface area (Å²) in [7, 11) is 0. The maximum atomic E-state index is 4.22. The second-order valence-electron chi connectivity index (χ2n) is 5.42. The molecule has 0 saturated carbocycles. The minimum Gasteiger partial charge on any atom is -0.378 e. The lowest BCUT2D eigenvalue weighted by molar-refractivity contribution is 0.883. The van der Waals surface area contributed by atoms with Crippen LogP contribution < -0.4 is 5.32 Å². The molecule has 0 saturated heterocycles. The van der Waals surface area contributed by atoms with Crippen LogP contribution in [0, 0.1) is 6.92 Å². The molecule has 2 aromatic heterocycles. The van der Waals surface area contributed by atoms with E-state index in [2.05, 4.69) is 58.6 Å². The summed E-state index contributed by atoms with van der Waals surface area (Å²) in [6, 6.07) is 16.9.